The molecule has 0 bridgehead atoms. The summed E-state index contributed by atoms with van der Waals surface area (Å²) in [6.45, 7) is 2.62. The normalized spacial score (nSPS) is 20.0. The van der Waals surface area contributed by atoms with Gasteiger partial charge in [0.25, 0.3) is 10.2 Å². The van der Waals surface area contributed by atoms with Gasteiger partial charge in [-0.2, -0.15) is 12.7 Å². The number of nitrogens with zero attached hydrogens (tertiary/aromatic N) is 1. The van der Waals surface area contributed by atoms with E-state index in [-0.39, 0.29) is 17.9 Å². The first-order valence-electron chi connectivity index (χ1n) is 5.89. The molecule has 0 aromatic carbocycles. The van der Waals surface area contributed by atoms with Crippen molar-refractivity contribution in [1.82, 2.24) is 9.03 Å². The SMILES string of the molecule is CCN(C)S(=O)(=O)NCC1(N)CCCCC1.Cl. The molecule has 7 heteroatoms. The average Bonchev–Trinajstić information content (AvgIpc) is 2.27. The molecule has 0 heterocycles. The van der Waals surface area contributed by atoms with Gasteiger partial charge in [-0.1, -0.05) is 26.2 Å². The van der Waals surface area contributed by atoms with E-state index in [1.54, 1.807) is 14.0 Å². The van der Waals surface area contributed by atoms with Gasteiger partial charge in [0.15, 0.2) is 0 Å². The minimum Gasteiger partial charge on any atom is -0.324 e. The van der Waals surface area contributed by atoms with E-state index in [9.17, 15) is 8.42 Å². The third-order valence-corrected chi connectivity index (χ3v) is 4.90. The maximum atomic E-state index is 11.7. The number of halogens is 1. The number of hydrogen-bond acceptors (Lipinski definition) is 3. The second-order valence-corrected chi connectivity index (χ2v) is 6.53. The first-order chi connectivity index (χ1) is 7.40. The average molecular weight is 286 g/mol. The zero-order valence-corrected chi connectivity index (χ0v) is 12.2. The molecule has 0 aliphatic heterocycles. The quantitative estimate of drug-likeness (QED) is 0.786. The van der Waals surface area contributed by atoms with Gasteiger partial charge in [0.05, 0.1) is 0 Å². The second kappa shape index (κ2) is 6.89. The fraction of sp³-hybridized carbons (Fsp3) is 1.00. The molecule has 0 aromatic heterocycles. The molecule has 1 fully saturated rings. The Morgan fingerprint density at radius 3 is 2.29 bits per heavy atom. The van der Waals surface area contributed by atoms with Crippen LogP contribution in [0.3, 0.4) is 0 Å². The van der Waals surface area contributed by atoms with Gasteiger partial charge in [0.1, 0.15) is 0 Å². The summed E-state index contributed by atoms with van der Waals surface area (Å²) < 4.78 is 27.3. The monoisotopic (exact) mass is 285 g/mol. The topological polar surface area (TPSA) is 75.4 Å². The minimum absolute atomic E-state index is 0. The van der Waals surface area contributed by atoms with Gasteiger partial charge in [0, 0.05) is 25.7 Å². The largest absolute Gasteiger partial charge is 0.324 e. The Morgan fingerprint density at radius 2 is 1.82 bits per heavy atom. The molecule has 0 spiro atoms. The van der Waals surface area contributed by atoms with Crippen molar-refractivity contribution < 1.29 is 8.42 Å². The van der Waals surface area contributed by atoms with Gasteiger partial charge in [-0.05, 0) is 12.8 Å². The lowest BCUT2D eigenvalue weighted by atomic mass is 9.83. The molecule has 104 valence electrons. The Balaban J connectivity index is 0.00000256. The Morgan fingerprint density at radius 1 is 1.29 bits per heavy atom. The smallest absolute Gasteiger partial charge is 0.279 e. The lowest BCUT2D eigenvalue weighted by molar-refractivity contribution is 0.294. The summed E-state index contributed by atoms with van der Waals surface area (Å²) in [5.74, 6) is 0. The molecule has 0 amide bonds. The maximum Gasteiger partial charge on any atom is 0.279 e. The van der Waals surface area contributed by atoms with E-state index in [1.165, 1.54) is 10.7 Å². The molecule has 17 heavy (non-hydrogen) atoms. The van der Waals surface area contributed by atoms with E-state index >= 15 is 0 Å². The molecule has 0 saturated heterocycles. The van der Waals surface area contributed by atoms with Crippen LogP contribution < -0.4 is 10.5 Å². The maximum absolute atomic E-state index is 11.7. The van der Waals surface area contributed by atoms with Crippen LogP contribution in [0.15, 0.2) is 0 Å². The Bertz CT molecular complexity index is 316. The van der Waals surface area contributed by atoms with Gasteiger partial charge < -0.3 is 5.73 Å². The highest BCUT2D eigenvalue weighted by Gasteiger charge is 2.29. The summed E-state index contributed by atoms with van der Waals surface area (Å²) in [6.07, 6.45) is 5.22. The zero-order chi connectivity index (χ0) is 12.2. The van der Waals surface area contributed by atoms with E-state index in [1.807, 2.05) is 0 Å². The number of rotatable bonds is 5. The van der Waals surface area contributed by atoms with Crippen LogP contribution in [0.5, 0.6) is 0 Å². The fourth-order valence-electron chi connectivity index (χ4n) is 1.95. The van der Waals surface area contributed by atoms with Crippen molar-refractivity contribution in [2.24, 2.45) is 5.73 Å². The lowest BCUT2D eigenvalue weighted by Crippen LogP contribution is -2.53. The van der Waals surface area contributed by atoms with E-state index in [0.717, 1.165) is 25.7 Å². The van der Waals surface area contributed by atoms with Crippen LogP contribution in [-0.4, -0.2) is 38.4 Å². The van der Waals surface area contributed by atoms with Crippen LogP contribution in [0.25, 0.3) is 0 Å². The Labute approximate surface area is 111 Å². The van der Waals surface area contributed by atoms with E-state index in [0.29, 0.717) is 13.1 Å². The van der Waals surface area contributed by atoms with Crippen molar-refractivity contribution in [3.05, 3.63) is 0 Å². The van der Waals surface area contributed by atoms with Crippen LogP contribution in [0.2, 0.25) is 0 Å². The van der Waals surface area contributed by atoms with Crippen molar-refractivity contribution in [2.75, 3.05) is 20.1 Å². The lowest BCUT2D eigenvalue weighted by Gasteiger charge is -2.33. The van der Waals surface area contributed by atoms with Crippen molar-refractivity contribution in [2.45, 2.75) is 44.6 Å². The highest BCUT2D eigenvalue weighted by molar-refractivity contribution is 7.87. The first kappa shape index (κ1) is 17.1. The molecule has 5 nitrogen and oxygen atoms in total. The molecule has 0 atom stereocenters. The molecule has 0 radical (unpaired) electrons. The van der Waals surface area contributed by atoms with Crippen molar-refractivity contribution in [3.8, 4) is 0 Å². The summed E-state index contributed by atoms with van der Waals surface area (Å²) in [7, 11) is -1.78. The predicted octanol–water partition coefficient (Wildman–Crippen LogP) is 0.856. The van der Waals surface area contributed by atoms with Crippen LogP contribution in [0.1, 0.15) is 39.0 Å². The van der Waals surface area contributed by atoms with E-state index < -0.39 is 10.2 Å². The molecule has 0 unspecified atom stereocenters. The number of nitrogens with one attached hydrogen (secondary N) is 1. The van der Waals surface area contributed by atoms with Crippen LogP contribution >= 0.6 is 12.4 Å². The third kappa shape index (κ3) is 5.09. The molecule has 3 N–H and O–H groups in total. The molecule has 1 aliphatic rings. The Kier molecular flexibility index (Phi) is 6.94. The summed E-state index contributed by atoms with van der Waals surface area (Å²) >= 11 is 0. The van der Waals surface area contributed by atoms with Gasteiger partial charge in [-0.25, -0.2) is 4.72 Å². The Hall–Kier alpha value is 0.120. The zero-order valence-electron chi connectivity index (χ0n) is 10.6. The van der Waals surface area contributed by atoms with Gasteiger partial charge in [-0.15, -0.1) is 12.4 Å². The summed E-state index contributed by atoms with van der Waals surface area (Å²) in [6, 6.07) is 0. The molecular weight excluding hydrogens is 262 g/mol. The van der Waals surface area contributed by atoms with Crippen molar-refractivity contribution in [1.29, 1.82) is 0 Å². The second-order valence-electron chi connectivity index (χ2n) is 4.66. The van der Waals surface area contributed by atoms with Gasteiger partial charge in [-0.3, -0.25) is 0 Å². The summed E-state index contributed by atoms with van der Waals surface area (Å²) in [4.78, 5) is 0. The first-order valence-corrected chi connectivity index (χ1v) is 7.33. The molecule has 0 aromatic rings. The number of hydrogen-bond donors (Lipinski definition) is 2. The van der Waals surface area contributed by atoms with Crippen LogP contribution in [-0.2, 0) is 10.2 Å². The van der Waals surface area contributed by atoms with Gasteiger partial charge >= 0.3 is 0 Å². The van der Waals surface area contributed by atoms with Gasteiger partial charge in [0.2, 0.25) is 0 Å². The fourth-order valence-corrected chi connectivity index (χ4v) is 2.98. The minimum atomic E-state index is -3.34. The van der Waals surface area contributed by atoms with Crippen LogP contribution in [0.4, 0.5) is 0 Å². The third-order valence-electron chi connectivity index (χ3n) is 3.31. The highest BCUT2D eigenvalue weighted by Crippen LogP contribution is 2.25. The number of nitrogens with two attached hydrogens (primary N) is 1. The standard InChI is InChI=1S/C10H23N3O2S.ClH/c1-3-13(2)16(14,15)12-9-10(11)7-5-4-6-8-10;/h12H,3-9,11H2,1-2H3;1H. The van der Waals surface area contributed by atoms with Crippen molar-refractivity contribution in [3.63, 3.8) is 0 Å². The molecule has 1 rings (SSSR count). The van der Waals surface area contributed by atoms with E-state index in [4.69, 9.17) is 5.73 Å². The summed E-state index contributed by atoms with van der Waals surface area (Å²) in [5, 5.41) is 0. The van der Waals surface area contributed by atoms with Crippen LogP contribution in [0, 0.1) is 0 Å². The predicted molar refractivity (Wildman–Crippen MR) is 72.5 cm³/mol. The molecule has 1 aliphatic carbocycles. The van der Waals surface area contributed by atoms with E-state index in [2.05, 4.69) is 4.72 Å². The summed E-state index contributed by atoms with van der Waals surface area (Å²) in [5.41, 5.74) is 5.82. The molecule has 1 saturated carbocycles. The highest BCUT2D eigenvalue weighted by atomic mass is 35.5. The van der Waals surface area contributed by atoms with Crippen molar-refractivity contribution >= 4 is 22.6 Å². The molecular formula is C10H24ClN3O2S.